The van der Waals surface area contributed by atoms with Gasteiger partial charge in [-0.05, 0) is 29.8 Å². The molecule has 4 heteroatoms. The summed E-state index contributed by atoms with van der Waals surface area (Å²) in [4.78, 5) is 0. The first-order valence-electron chi connectivity index (χ1n) is 5.47. The summed E-state index contributed by atoms with van der Waals surface area (Å²) in [7, 11) is 1.62. The largest absolute Gasteiger partial charge is 0.497 e. The first kappa shape index (κ1) is 13.2. The second kappa shape index (κ2) is 5.61. The summed E-state index contributed by atoms with van der Waals surface area (Å²) in [5.41, 5.74) is 7.85. The molecule has 0 aliphatic rings. The van der Waals surface area contributed by atoms with E-state index in [2.05, 4.69) is 0 Å². The molecule has 2 rings (SSSR count). The number of benzene rings is 2. The predicted octanol–water partition coefficient (Wildman–Crippen LogP) is 4.05. The number of rotatable bonds is 3. The Bertz CT molecular complexity index is 537. The lowest BCUT2D eigenvalue weighted by Gasteiger charge is -2.16. The standard InChI is InChI=1S/C14H13Cl2NO/c1-18-10-5-2-4-9(8-10)14(17)13-11(15)6-3-7-12(13)16/h2-8,14H,17H2,1H3. The molecular weight excluding hydrogens is 269 g/mol. The molecule has 2 nitrogen and oxygen atoms in total. The molecule has 0 amide bonds. The van der Waals surface area contributed by atoms with E-state index in [0.717, 1.165) is 16.9 Å². The van der Waals surface area contributed by atoms with Crippen LogP contribution in [-0.4, -0.2) is 7.11 Å². The van der Waals surface area contributed by atoms with Gasteiger partial charge in [0.15, 0.2) is 0 Å². The zero-order valence-corrected chi connectivity index (χ0v) is 11.4. The number of ether oxygens (including phenoxy) is 1. The molecule has 2 aromatic carbocycles. The van der Waals surface area contributed by atoms with Crippen LogP contribution < -0.4 is 10.5 Å². The Morgan fingerprint density at radius 3 is 2.28 bits per heavy atom. The maximum absolute atomic E-state index is 6.22. The molecule has 0 saturated heterocycles. The zero-order valence-electron chi connectivity index (χ0n) is 9.86. The van der Waals surface area contributed by atoms with Gasteiger partial charge in [0.25, 0.3) is 0 Å². The van der Waals surface area contributed by atoms with E-state index in [1.54, 1.807) is 25.3 Å². The van der Waals surface area contributed by atoms with Gasteiger partial charge in [-0.1, -0.05) is 41.4 Å². The van der Waals surface area contributed by atoms with E-state index in [-0.39, 0.29) is 6.04 Å². The highest BCUT2D eigenvalue weighted by molar-refractivity contribution is 6.36. The van der Waals surface area contributed by atoms with Crippen molar-refractivity contribution >= 4 is 23.2 Å². The Hall–Kier alpha value is -1.22. The molecule has 0 fully saturated rings. The number of hydrogen-bond acceptors (Lipinski definition) is 2. The first-order valence-corrected chi connectivity index (χ1v) is 6.22. The van der Waals surface area contributed by atoms with Gasteiger partial charge in [0.1, 0.15) is 5.75 Å². The average Bonchev–Trinajstić information content (AvgIpc) is 2.38. The van der Waals surface area contributed by atoms with E-state index in [1.807, 2.05) is 24.3 Å². The van der Waals surface area contributed by atoms with Crippen molar-refractivity contribution in [3.05, 3.63) is 63.6 Å². The van der Waals surface area contributed by atoms with Crippen molar-refractivity contribution in [2.75, 3.05) is 7.11 Å². The maximum Gasteiger partial charge on any atom is 0.119 e. The Morgan fingerprint density at radius 2 is 1.67 bits per heavy atom. The Balaban J connectivity index is 2.44. The van der Waals surface area contributed by atoms with Crippen LogP contribution in [-0.2, 0) is 0 Å². The fourth-order valence-electron chi connectivity index (χ4n) is 1.81. The highest BCUT2D eigenvalue weighted by Crippen LogP contribution is 2.33. The lowest BCUT2D eigenvalue weighted by molar-refractivity contribution is 0.414. The van der Waals surface area contributed by atoms with Crippen molar-refractivity contribution in [2.24, 2.45) is 5.73 Å². The normalized spacial score (nSPS) is 12.2. The van der Waals surface area contributed by atoms with E-state index in [1.165, 1.54) is 0 Å². The summed E-state index contributed by atoms with van der Waals surface area (Å²) in [5.74, 6) is 0.756. The SMILES string of the molecule is COc1cccc(C(N)c2c(Cl)cccc2Cl)c1. The number of methoxy groups -OCH3 is 1. The average molecular weight is 282 g/mol. The number of hydrogen-bond donors (Lipinski definition) is 1. The minimum absolute atomic E-state index is 0.374. The van der Waals surface area contributed by atoms with Crippen molar-refractivity contribution in [2.45, 2.75) is 6.04 Å². The van der Waals surface area contributed by atoms with Gasteiger partial charge in [0, 0.05) is 15.6 Å². The number of nitrogens with two attached hydrogens (primary N) is 1. The summed E-state index contributed by atoms with van der Waals surface area (Å²) in [6, 6.07) is 12.5. The molecule has 2 N–H and O–H groups in total. The molecule has 2 aromatic rings. The number of halogens is 2. The van der Waals surface area contributed by atoms with E-state index in [9.17, 15) is 0 Å². The molecule has 18 heavy (non-hydrogen) atoms. The molecule has 0 aromatic heterocycles. The van der Waals surface area contributed by atoms with Gasteiger partial charge in [0.05, 0.1) is 13.2 Å². The molecule has 94 valence electrons. The molecular formula is C14H13Cl2NO. The van der Waals surface area contributed by atoms with Crippen molar-refractivity contribution in [1.82, 2.24) is 0 Å². The predicted molar refractivity (Wildman–Crippen MR) is 75.5 cm³/mol. The van der Waals surface area contributed by atoms with Crippen LogP contribution in [0.15, 0.2) is 42.5 Å². The topological polar surface area (TPSA) is 35.2 Å². The highest BCUT2D eigenvalue weighted by atomic mass is 35.5. The van der Waals surface area contributed by atoms with E-state index in [0.29, 0.717) is 10.0 Å². The summed E-state index contributed by atoms with van der Waals surface area (Å²) < 4.78 is 5.18. The van der Waals surface area contributed by atoms with Crippen LogP contribution in [0.2, 0.25) is 10.0 Å². The second-order valence-electron chi connectivity index (χ2n) is 3.89. The minimum Gasteiger partial charge on any atom is -0.497 e. The van der Waals surface area contributed by atoms with Crippen LogP contribution in [0.5, 0.6) is 5.75 Å². The molecule has 0 heterocycles. The summed E-state index contributed by atoms with van der Waals surface area (Å²) in [5, 5.41) is 1.13. The Labute approximate surface area is 116 Å². The van der Waals surface area contributed by atoms with Gasteiger partial charge in [0.2, 0.25) is 0 Å². The molecule has 1 atom stereocenters. The van der Waals surface area contributed by atoms with Crippen LogP contribution in [0.1, 0.15) is 17.2 Å². The summed E-state index contributed by atoms with van der Waals surface area (Å²) >= 11 is 12.3. The van der Waals surface area contributed by atoms with Gasteiger partial charge in [-0.3, -0.25) is 0 Å². The fraction of sp³-hybridized carbons (Fsp3) is 0.143. The van der Waals surface area contributed by atoms with Gasteiger partial charge < -0.3 is 10.5 Å². The fourth-order valence-corrected chi connectivity index (χ4v) is 2.44. The Morgan fingerprint density at radius 1 is 1.06 bits per heavy atom. The third-order valence-electron chi connectivity index (χ3n) is 2.76. The lowest BCUT2D eigenvalue weighted by Crippen LogP contribution is -2.13. The summed E-state index contributed by atoms with van der Waals surface area (Å²) in [6.07, 6.45) is 0. The third-order valence-corrected chi connectivity index (χ3v) is 3.42. The maximum atomic E-state index is 6.22. The molecule has 1 unspecified atom stereocenters. The van der Waals surface area contributed by atoms with Gasteiger partial charge in [-0.25, -0.2) is 0 Å². The van der Waals surface area contributed by atoms with Crippen molar-refractivity contribution < 1.29 is 4.74 Å². The molecule has 0 bridgehead atoms. The van der Waals surface area contributed by atoms with Gasteiger partial charge in [-0.15, -0.1) is 0 Å². The molecule has 0 spiro atoms. The molecule has 0 saturated carbocycles. The highest BCUT2D eigenvalue weighted by Gasteiger charge is 2.16. The first-order chi connectivity index (χ1) is 8.63. The van der Waals surface area contributed by atoms with Gasteiger partial charge >= 0.3 is 0 Å². The quantitative estimate of drug-likeness (QED) is 0.921. The molecule has 0 aliphatic heterocycles. The zero-order chi connectivity index (χ0) is 13.1. The van der Waals surface area contributed by atoms with E-state index >= 15 is 0 Å². The summed E-state index contributed by atoms with van der Waals surface area (Å²) in [6.45, 7) is 0. The van der Waals surface area contributed by atoms with E-state index in [4.69, 9.17) is 33.7 Å². The minimum atomic E-state index is -0.374. The van der Waals surface area contributed by atoms with Crippen LogP contribution >= 0.6 is 23.2 Å². The van der Waals surface area contributed by atoms with E-state index < -0.39 is 0 Å². The van der Waals surface area contributed by atoms with Crippen LogP contribution in [0.25, 0.3) is 0 Å². The molecule has 0 radical (unpaired) electrons. The lowest BCUT2D eigenvalue weighted by atomic mass is 9.99. The monoisotopic (exact) mass is 281 g/mol. The van der Waals surface area contributed by atoms with Crippen molar-refractivity contribution in [3.8, 4) is 5.75 Å². The van der Waals surface area contributed by atoms with Crippen molar-refractivity contribution in [3.63, 3.8) is 0 Å². The smallest absolute Gasteiger partial charge is 0.119 e. The van der Waals surface area contributed by atoms with Crippen LogP contribution in [0, 0.1) is 0 Å². The third kappa shape index (κ3) is 2.61. The van der Waals surface area contributed by atoms with Crippen molar-refractivity contribution in [1.29, 1.82) is 0 Å². The van der Waals surface area contributed by atoms with Gasteiger partial charge in [-0.2, -0.15) is 0 Å². The van der Waals surface area contributed by atoms with Crippen LogP contribution in [0.4, 0.5) is 0 Å². The second-order valence-corrected chi connectivity index (χ2v) is 4.70. The van der Waals surface area contributed by atoms with Crippen LogP contribution in [0.3, 0.4) is 0 Å². The Kier molecular flexibility index (Phi) is 4.12. The molecule has 0 aliphatic carbocycles.